The summed E-state index contributed by atoms with van der Waals surface area (Å²) >= 11 is 0. The second kappa shape index (κ2) is 9.23. The van der Waals surface area contributed by atoms with Crippen LogP contribution in [0, 0.1) is 0 Å². The summed E-state index contributed by atoms with van der Waals surface area (Å²) in [5.41, 5.74) is 3.85. The first-order chi connectivity index (χ1) is 13.9. The highest BCUT2D eigenvalue weighted by Gasteiger charge is 2.23. The van der Waals surface area contributed by atoms with Crippen LogP contribution in [0.1, 0.15) is 31.4 Å². The summed E-state index contributed by atoms with van der Waals surface area (Å²) in [5, 5.41) is 7.89. The number of ether oxygens (including phenoxy) is 1. The lowest BCUT2D eigenvalue weighted by atomic mass is 10.1. The number of esters is 1. The molecule has 0 heterocycles. The summed E-state index contributed by atoms with van der Waals surface area (Å²) in [6.07, 6.45) is 2.22. The molecule has 2 aromatic carbocycles. The standard InChI is InChI=1S/C22H25N3O4/c1-14(23-22(28)25-18-9-4-3-5-10-18)21(27)29-15(2)20(26)24-19-12-11-16-7-6-8-17(16)13-19/h3-5,9-15H,6-8H2,1-2H3,(H,24,26)(H2,23,25,28)/t14-,15+/m0/s1. The zero-order valence-corrected chi connectivity index (χ0v) is 16.5. The Labute approximate surface area is 169 Å². The molecule has 29 heavy (non-hydrogen) atoms. The highest BCUT2D eigenvalue weighted by atomic mass is 16.5. The van der Waals surface area contributed by atoms with E-state index in [1.807, 2.05) is 24.3 Å². The van der Waals surface area contributed by atoms with Gasteiger partial charge in [0.25, 0.3) is 5.91 Å². The van der Waals surface area contributed by atoms with Gasteiger partial charge in [0.2, 0.25) is 0 Å². The van der Waals surface area contributed by atoms with Gasteiger partial charge >= 0.3 is 12.0 Å². The molecule has 3 amide bonds. The number of carbonyl (C=O) groups excluding carboxylic acids is 3. The number of nitrogens with one attached hydrogen (secondary N) is 3. The van der Waals surface area contributed by atoms with Crippen molar-refractivity contribution >= 4 is 29.3 Å². The Morgan fingerprint density at radius 2 is 1.62 bits per heavy atom. The van der Waals surface area contributed by atoms with Crippen LogP contribution < -0.4 is 16.0 Å². The van der Waals surface area contributed by atoms with E-state index < -0.39 is 30.1 Å². The minimum atomic E-state index is -0.989. The van der Waals surface area contributed by atoms with Gasteiger partial charge in [0, 0.05) is 11.4 Å². The summed E-state index contributed by atoms with van der Waals surface area (Å²) in [6.45, 7) is 3.00. The molecule has 0 fully saturated rings. The lowest BCUT2D eigenvalue weighted by molar-refractivity contribution is -0.154. The second-order valence-electron chi connectivity index (χ2n) is 7.09. The van der Waals surface area contributed by atoms with Gasteiger partial charge in [-0.05, 0) is 68.5 Å². The van der Waals surface area contributed by atoms with Gasteiger partial charge in [0.15, 0.2) is 6.10 Å². The van der Waals surface area contributed by atoms with Crippen LogP contribution in [-0.2, 0) is 27.2 Å². The van der Waals surface area contributed by atoms with E-state index in [9.17, 15) is 14.4 Å². The third-order valence-electron chi connectivity index (χ3n) is 4.76. The number of anilines is 2. The van der Waals surface area contributed by atoms with Crippen molar-refractivity contribution in [3.8, 4) is 0 Å². The summed E-state index contributed by atoms with van der Waals surface area (Å²) in [6, 6.07) is 13.3. The van der Waals surface area contributed by atoms with Crippen molar-refractivity contribution in [2.45, 2.75) is 45.3 Å². The fraction of sp³-hybridized carbons (Fsp3) is 0.318. The van der Waals surface area contributed by atoms with Crippen LogP contribution in [0.2, 0.25) is 0 Å². The average molecular weight is 395 g/mol. The van der Waals surface area contributed by atoms with Gasteiger partial charge in [-0.3, -0.25) is 4.79 Å². The van der Waals surface area contributed by atoms with E-state index in [2.05, 4.69) is 16.0 Å². The summed E-state index contributed by atoms with van der Waals surface area (Å²) in [5.74, 6) is -1.11. The molecule has 3 rings (SSSR count). The zero-order valence-electron chi connectivity index (χ0n) is 16.5. The molecular weight excluding hydrogens is 370 g/mol. The van der Waals surface area contributed by atoms with Gasteiger partial charge < -0.3 is 20.7 Å². The monoisotopic (exact) mass is 395 g/mol. The first-order valence-electron chi connectivity index (χ1n) is 9.68. The predicted molar refractivity (Wildman–Crippen MR) is 111 cm³/mol. The van der Waals surface area contributed by atoms with Crippen molar-refractivity contribution in [2.24, 2.45) is 0 Å². The molecule has 152 valence electrons. The van der Waals surface area contributed by atoms with Gasteiger partial charge in [-0.1, -0.05) is 24.3 Å². The van der Waals surface area contributed by atoms with Crippen molar-refractivity contribution in [2.75, 3.05) is 10.6 Å². The molecule has 3 N–H and O–H groups in total. The minimum absolute atomic E-state index is 0.419. The van der Waals surface area contributed by atoms with Gasteiger partial charge in [-0.2, -0.15) is 0 Å². The quantitative estimate of drug-likeness (QED) is 0.654. The van der Waals surface area contributed by atoms with Crippen LogP contribution in [0.15, 0.2) is 48.5 Å². The smallest absolute Gasteiger partial charge is 0.329 e. The molecule has 0 saturated heterocycles. The Morgan fingerprint density at radius 3 is 2.38 bits per heavy atom. The molecule has 0 unspecified atom stereocenters. The third-order valence-corrected chi connectivity index (χ3v) is 4.76. The fourth-order valence-electron chi connectivity index (χ4n) is 3.17. The maximum absolute atomic E-state index is 12.3. The molecule has 1 aliphatic rings. The molecule has 0 saturated carbocycles. The molecular formula is C22H25N3O4. The first kappa shape index (κ1) is 20.4. The second-order valence-corrected chi connectivity index (χ2v) is 7.09. The predicted octanol–water partition coefficient (Wildman–Crippen LogP) is 3.26. The van der Waals surface area contributed by atoms with Gasteiger partial charge in [-0.15, -0.1) is 0 Å². The van der Waals surface area contributed by atoms with Crippen LogP contribution in [-0.4, -0.2) is 30.1 Å². The van der Waals surface area contributed by atoms with Crippen molar-refractivity contribution in [3.05, 3.63) is 59.7 Å². The largest absolute Gasteiger partial charge is 0.451 e. The first-order valence-corrected chi connectivity index (χ1v) is 9.68. The summed E-state index contributed by atoms with van der Waals surface area (Å²) in [7, 11) is 0. The number of para-hydroxylation sites is 1. The minimum Gasteiger partial charge on any atom is -0.451 e. The number of benzene rings is 2. The van der Waals surface area contributed by atoms with E-state index in [4.69, 9.17) is 4.74 Å². The van der Waals surface area contributed by atoms with Gasteiger partial charge in [0.1, 0.15) is 6.04 Å². The fourth-order valence-corrected chi connectivity index (χ4v) is 3.17. The van der Waals surface area contributed by atoms with E-state index in [0.29, 0.717) is 11.4 Å². The Balaban J connectivity index is 1.47. The van der Waals surface area contributed by atoms with Crippen LogP contribution in [0.4, 0.5) is 16.2 Å². The van der Waals surface area contributed by atoms with Gasteiger partial charge in [-0.25, -0.2) is 9.59 Å². The van der Waals surface area contributed by atoms with Crippen molar-refractivity contribution in [3.63, 3.8) is 0 Å². The normalized spacial score (nSPS) is 14.3. The number of hydrogen-bond donors (Lipinski definition) is 3. The average Bonchev–Trinajstić information content (AvgIpc) is 3.16. The molecule has 2 atom stereocenters. The Kier molecular flexibility index (Phi) is 6.49. The van der Waals surface area contributed by atoms with E-state index >= 15 is 0 Å². The highest BCUT2D eigenvalue weighted by Crippen LogP contribution is 2.25. The number of hydrogen-bond acceptors (Lipinski definition) is 4. The molecule has 0 radical (unpaired) electrons. The molecule has 1 aliphatic carbocycles. The molecule has 2 aromatic rings. The maximum atomic E-state index is 12.3. The van der Waals surface area contributed by atoms with Crippen molar-refractivity contribution < 1.29 is 19.1 Å². The van der Waals surface area contributed by atoms with Gasteiger partial charge in [0.05, 0.1) is 0 Å². The number of carbonyl (C=O) groups is 3. The van der Waals surface area contributed by atoms with E-state index in [0.717, 1.165) is 19.3 Å². The Morgan fingerprint density at radius 1 is 0.897 bits per heavy atom. The SMILES string of the molecule is C[C@H](NC(=O)Nc1ccccc1)C(=O)O[C@H](C)C(=O)Nc1ccc2c(c1)CCC2. The lowest BCUT2D eigenvalue weighted by Gasteiger charge is -2.18. The third kappa shape index (κ3) is 5.57. The number of amides is 3. The highest BCUT2D eigenvalue weighted by molar-refractivity contribution is 5.96. The van der Waals surface area contributed by atoms with E-state index in [1.54, 1.807) is 24.3 Å². The van der Waals surface area contributed by atoms with E-state index in [1.165, 1.54) is 25.0 Å². The maximum Gasteiger partial charge on any atom is 0.329 e. The van der Waals surface area contributed by atoms with E-state index in [-0.39, 0.29) is 0 Å². The number of urea groups is 1. The summed E-state index contributed by atoms with van der Waals surface area (Å²) < 4.78 is 5.20. The lowest BCUT2D eigenvalue weighted by Crippen LogP contribution is -2.44. The molecule has 0 aromatic heterocycles. The molecule has 7 heteroatoms. The van der Waals surface area contributed by atoms with Crippen LogP contribution in [0.25, 0.3) is 0 Å². The number of aryl methyl sites for hydroxylation is 2. The molecule has 0 bridgehead atoms. The molecule has 0 spiro atoms. The number of fused-ring (bicyclic) bond motifs is 1. The van der Waals surface area contributed by atoms with Crippen molar-refractivity contribution in [1.29, 1.82) is 0 Å². The molecule has 0 aliphatic heterocycles. The zero-order chi connectivity index (χ0) is 20.8. The summed E-state index contributed by atoms with van der Waals surface area (Å²) in [4.78, 5) is 36.5. The number of rotatable bonds is 6. The Hall–Kier alpha value is -3.35. The Bertz CT molecular complexity index is 898. The molecule has 7 nitrogen and oxygen atoms in total. The van der Waals surface area contributed by atoms with Crippen molar-refractivity contribution in [1.82, 2.24) is 5.32 Å². The van der Waals surface area contributed by atoms with Crippen LogP contribution >= 0.6 is 0 Å². The van der Waals surface area contributed by atoms with Crippen LogP contribution in [0.3, 0.4) is 0 Å². The van der Waals surface area contributed by atoms with Crippen LogP contribution in [0.5, 0.6) is 0 Å². The topological polar surface area (TPSA) is 96.5 Å².